The zero-order valence-electron chi connectivity index (χ0n) is 12.0. The van der Waals surface area contributed by atoms with Gasteiger partial charge in [-0.3, -0.25) is 0 Å². The third-order valence-corrected chi connectivity index (χ3v) is 3.54. The van der Waals surface area contributed by atoms with Gasteiger partial charge in [0.2, 0.25) is 0 Å². The quantitative estimate of drug-likeness (QED) is 0.657. The average Bonchev–Trinajstić information content (AvgIpc) is 2.28. The first kappa shape index (κ1) is 12.9. The van der Waals surface area contributed by atoms with Gasteiger partial charge in [0, 0.05) is 0 Å². The van der Waals surface area contributed by atoms with Crippen molar-refractivity contribution in [3.63, 3.8) is 0 Å². The summed E-state index contributed by atoms with van der Waals surface area (Å²) in [6.07, 6.45) is 0. The first-order valence-electron chi connectivity index (χ1n) is 6.67. The van der Waals surface area contributed by atoms with Gasteiger partial charge in [-0.05, 0) is 54.5 Å². The highest BCUT2D eigenvalue weighted by Crippen LogP contribution is 2.29. The van der Waals surface area contributed by atoms with Crippen LogP contribution in [0.25, 0.3) is 11.1 Å². The maximum atomic E-state index is 2.26. The van der Waals surface area contributed by atoms with Gasteiger partial charge in [-0.15, -0.1) is 0 Å². The Morgan fingerprint density at radius 2 is 1.28 bits per heavy atom. The second-order valence-electron chi connectivity index (χ2n) is 5.55. The van der Waals surface area contributed by atoms with Crippen molar-refractivity contribution in [3.05, 3.63) is 58.7 Å². The normalized spacial score (nSPS) is 11.0. The van der Waals surface area contributed by atoms with E-state index in [9.17, 15) is 0 Å². The van der Waals surface area contributed by atoms with Gasteiger partial charge in [0.05, 0.1) is 0 Å². The van der Waals surface area contributed by atoms with E-state index in [0.29, 0.717) is 5.92 Å². The summed E-state index contributed by atoms with van der Waals surface area (Å²) in [7, 11) is 0. The number of hydrogen-bond acceptors (Lipinski definition) is 0. The van der Waals surface area contributed by atoms with Gasteiger partial charge in [-0.25, -0.2) is 0 Å². The van der Waals surface area contributed by atoms with E-state index in [1.165, 1.54) is 33.4 Å². The highest BCUT2D eigenvalue weighted by Gasteiger charge is 2.07. The average molecular weight is 238 g/mol. The van der Waals surface area contributed by atoms with E-state index in [1.807, 2.05) is 0 Å². The zero-order chi connectivity index (χ0) is 13.3. The zero-order valence-corrected chi connectivity index (χ0v) is 12.0. The minimum Gasteiger partial charge on any atom is -0.0587 e. The summed E-state index contributed by atoms with van der Waals surface area (Å²) in [5.41, 5.74) is 8.19. The van der Waals surface area contributed by atoms with Crippen molar-refractivity contribution in [3.8, 4) is 11.1 Å². The van der Waals surface area contributed by atoms with Gasteiger partial charge >= 0.3 is 0 Å². The van der Waals surface area contributed by atoms with E-state index >= 15 is 0 Å². The number of rotatable bonds is 2. The summed E-state index contributed by atoms with van der Waals surface area (Å²) in [6, 6.07) is 13.5. The predicted octanol–water partition coefficient (Wildman–Crippen LogP) is 5.40. The van der Waals surface area contributed by atoms with E-state index in [1.54, 1.807) is 0 Å². The summed E-state index contributed by atoms with van der Waals surface area (Å²) >= 11 is 0. The molecule has 0 saturated carbocycles. The van der Waals surface area contributed by atoms with Crippen molar-refractivity contribution in [2.24, 2.45) is 0 Å². The van der Waals surface area contributed by atoms with E-state index in [-0.39, 0.29) is 0 Å². The molecule has 0 nitrogen and oxygen atoms in total. The monoisotopic (exact) mass is 238 g/mol. The van der Waals surface area contributed by atoms with Crippen molar-refractivity contribution in [1.82, 2.24) is 0 Å². The lowest BCUT2D eigenvalue weighted by Crippen LogP contribution is -1.91. The molecular weight excluding hydrogens is 216 g/mol. The van der Waals surface area contributed by atoms with Gasteiger partial charge in [0.15, 0.2) is 0 Å². The highest BCUT2D eigenvalue weighted by molar-refractivity contribution is 5.71. The molecule has 0 amide bonds. The van der Waals surface area contributed by atoms with Crippen molar-refractivity contribution in [2.45, 2.75) is 40.5 Å². The molecule has 0 unspecified atom stereocenters. The molecule has 0 spiro atoms. The number of aryl methyl sites for hydroxylation is 3. The Kier molecular flexibility index (Phi) is 3.56. The van der Waals surface area contributed by atoms with Crippen LogP contribution >= 0.6 is 0 Å². The summed E-state index contributed by atoms with van der Waals surface area (Å²) < 4.78 is 0. The van der Waals surface area contributed by atoms with Crippen LogP contribution in [0.1, 0.15) is 42.0 Å². The molecule has 0 aliphatic carbocycles. The second-order valence-corrected chi connectivity index (χ2v) is 5.55. The molecule has 0 heteroatoms. The maximum absolute atomic E-state index is 2.26. The predicted molar refractivity (Wildman–Crippen MR) is 80.2 cm³/mol. The summed E-state index contributed by atoms with van der Waals surface area (Å²) in [6.45, 7) is 11.0. The lowest BCUT2D eigenvalue weighted by molar-refractivity contribution is 0.867. The van der Waals surface area contributed by atoms with Crippen LogP contribution in [0, 0.1) is 20.8 Å². The van der Waals surface area contributed by atoms with E-state index in [0.717, 1.165) is 0 Å². The molecule has 0 N–H and O–H groups in total. The molecule has 0 atom stereocenters. The molecule has 0 aliphatic rings. The second kappa shape index (κ2) is 4.97. The fraction of sp³-hybridized carbons (Fsp3) is 0.333. The minimum atomic E-state index is 0.597. The fourth-order valence-corrected chi connectivity index (χ4v) is 2.67. The van der Waals surface area contributed by atoms with Gasteiger partial charge < -0.3 is 0 Å². The molecule has 0 radical (unpaired) electrons. The van der Waals surface area contributed by atoms with Crippen molar-refractivity contribution in [2.75, 3.05) is 0 Å². The highest BCUT2D eigenvalue weighted by atomic mass is 14.1. The topological polar surface area (TPSA) is 0 Å². The van der Waals surface area contributed by atoms with Crippen molar-refractivity contribution < 1.29 is 0 Å². The van der Waals surface area contributed by atoms with Crippen LogP contribution < -0.4 is 0 Å². The van der Waals surface area contributed by atoms with Crippen molar-refractivity contribution >= 4 is 0 Å². The summed E-state index contributed by atoms with van der Waals surface area (Å²) in [5.74, 6) is 0.597. The van der Waals surface area contributed by atoms with E-state index in [2.05, 4.69) is 71.0 Å². The Bertz CT molecular complexity index is 522. The molecule has 0 fully saturated rings. The molecule has 2 aromatic rings. The summed E-state index contributed by atoms with van der Waals surface area (Å²) in [5, 5.41) is 0. The third-order valence-electron chi connectivity index (χ3n) is 3.54. The van der Waals surface area contributed by atoms with Crippen molar-refractivity contribution in [1.29, 1.82) is 0 Å². The molecule has 18 heavy (non-hydrogen) atoms. The maximum Gasteiger partial charge on any atom is -0.0125 e. The Hall–Kier alpha value is -1.56. The van der Waals surface area contributed by atoms with Crippen LogP contribution in [-0.2, 0) is 0 Å². The van der Waals surface area contributed by atoms with Crippen LogP contribution in [0.5, 0.6) is 0 Å². The molecule has 0 bridgehead atoms. The molecule has 0 aromatic heterocycles. The molecular formula is C18H22. The van der Waals surface area contributed by atoms with Gasteiger partial charge in [0.1, 0.15) is 0 Å². The van der Waals surface area contributed by atoms with E-state index in [4.69, 9.17) is 0 Å². The first-order chi connectivity index (χ1) is 8.49. The number of hydrogen-bond donors (Lipinski definition) is 0. The Labute approximate surface area is 111 Å². The number of benzene rings is 2. The SMILES string of the molecule is Cc1cc(C)c(-c2ccc(C(C)C)cc2)c(C)c1. The van der Waals surface area contributed by atoms with Crippen LogP contribution in [-0.4, -0.2) is 0 Å². The van der Waals surface area contributed by atoms with Crippen LogP contribution in [0.15, 0.2) is 36.4 Å². The standard InChI is InChI=1S/C18H22/c1-12(2)16-6-8-17(9-7-16)18-14(4)10-13(3)11-15(18)5/h6-12H,1-5H3. The lowest BCUT2D eigenvalue weighted by atomic mass is 9.92. The lowest BCUT2D eigenvalue weighted by Gasteiger charge is -2.13. The molecule has 94 valence electrons. The van der Waals surface area contributed by atoms with Gasteiger partial charge in [-0.1, -0.05) is 55.8 Å². The smallest absolute Gasteiger partial charge is 0.0125 e. The molecule has 0 aliphatic heterocycles. The Morgan fingerprint density at radius 3 is 1.72 bits per heavy atom. The molecule has 0 saturated heterocycles. The molecule has 0 heterocycles. The minimum absolute atomic E-state index is 0.597. The Morgan fingerprint density at radius 1 is 0.778 bits per heavy atom. The largest absolute Gasteiger partial charge is 0.0587 e. The summed E-state index contributed by atoms with van der Waals surface area (Å²) in [4.78, 5) is 0. The van der Waals surface area contributed by atoms with Gasteiger partial charge in [-0.2, -0.15) is 0 Å². The molecule has 2 rings (SSSR count). The van der Waals surface area contributed by atoms with Crippen LogP contribution in [0.4, 0.5) is 0 Å². The molecule has 2 aromatic carbocycles. The first-order valence-corrected chi connectivity index (χ1v) is 6.67. The van der Waals surface area contributed by atoms with E-state index < -0.39 is 0 Å². The van der Waals surface area contributed by atoms with Gasteiger partial charge in [0.25, 0.3) is 0 Å². The Balaban J connectivity index is 2.49. The third kappa shape index (κ3) is 2.48. The van der Waals surface area contributed by atoms with Crippen LogP contribution in [0.2, 0.25) is 0 Å². The fourth-order valence-electron chi connectivity index (χ4n) is 2.67. The van der Waals surface area contributed by atoms with Crippen LogP contribution in [0.3, 0.4) is 0 Å².